The van der Waals surface area contributed by atoms with Gasteiger partial charge in [0, 0.05) is 23.5 Å². The van der Waals surface area contributed by atoms with E-state index in [2.05, 4.69) is 10.6 Å². The highest BCUT2D eigenvalue weighted by Gasteiger charge is 2.56. The molecule has 2 heterocycles. The topological polar surface area (TPSA) is 61.4 Å². The number of rotatable bonds is 2. The van der Waals surface area contributed by atoms with E-state index in [1.54, 1.807) is 11.0 Å². The van der Waals surface area contributed by atoms with E-state index < -0.39 is 5.66 Å². The molecule has 5 nitrogen and oxygen atoms in total. The number of hydrogen-bond donors (Lipinski definition) is 2. The van der Waals surface area contributed by atoms with Crippen LogP contribution in [-0.4, -0.2) is 16.7 Å². The summed E-state index contributed by atoms with van der Waals surface area (Å²) in [5.41, 5.74) is 2.41. The summed E-state index contributed by atoms with van der Waals surface area (Å²) in [6, 6.07) is 24.5. The molecule has 0 saturated heterocycles. The predicted molar refractivity (Wildman–Crippen MR) is 103 cm³/mol. The second kappa shape index (κ2) is 5.71. The van der Waals surface area contributed by atoms with E-state index in [4.69, 9.17) is 0 Å². The van der Waals surface area contributed by atoms with Gasteiger partial charge in [0.25, 0.3) is 11.8 Å². The number of benzene rings is 3. The lowest BCUT2D eigenvalue weighted by molar-refractivity contribution is -0.125. The molecule has 1 atom stereocenters. The summed E-state index contributed by atoms with van der Waals surface area (Å²) < 4.78 is 0. The maximum atomic E-state index is 13.4. The Morgan fingerprint density at radius 1 is 0.778 bits per heavy atom. The highest BCUT2D eigenvalue weighted by Crippen LogP contribution is 2.45. The number of amides is 2. The fourth-order valence-electron chi connectivity index (χ4n) is 3.93. The van der Waals surface area contributed by atoms with Crippen LogP contribution < -0.4 is 10.6 Å². The van der Waals surface area contributed by atoms with E-state index in [1.165, 1.54) is 0 Å². The van der Waals surface area contributed by atoms with Gasteiger partial charge in [-0.25, -0.2) is 0 Å². The van der Waals surface area contributed by atoms with Gasteiger partial charge in [-0.15, -0.1) is 0 Å². The molecule has 2 aliphatic heterocycles. The number of fused-ring (bicyclic) bond motifs is 3. The van der Waals surface area contributed by atoms with Crippen molar-refractivity contribution in [2.75, 3.05) is 10.6 Å². The summed E-state index contributed by atoms with van der Waals surface area (Å²) in [5, 5.41) is 6.30. The van der Waals surface area contributed by atoms with Crippen molar-refractivity contribution in [3.8, 4) is 0 Å². The number of nitrogens with one attached hydrogen (secondary N) is 2. The van der Waals surface area contributed by atoms with Gasteiger partial charge in [0.05, 0.1) is 5.56 Å². The number of carbonyl (C=O) groups excluding carboxylic acids is 2. The van der Waals surface area contributed by atoms with Gasteiger partial charge in [-0.3, -0.25) is 14.5 Å². The first-order valence-corrected chi connectivity index (χ1v) is 8.84. The van der Waals surface area contributed by atoms with Crippen molar-refractivity contribution in [2.24, 2.45) is 0 Å². The van der Waals surface area contributed by atoms with Gasteiger partial charge >= 0.3 is 0 Å². The molecule has 5 rings (SSSR count). The number of nitrogens with zero attached hydrogens (tertiary/aromatic N) is 1. The van der Waals surface area contributed by atoms with Crippen molar-refractivity contribution in [2.45, 2.75) is 12.2 Å². The van der Waals surface area contributed by atoms with Crippen LogP contribution in [0.15, 0.2) is 78.9 Å². The Kier molecular flexibility index (Phi) is 3.31. The second-order valence-corrected chi connectivity index (χ2v) is 6.76. The maximum Gasteiger partial charge on any atom is 0.276 e. The lowest BCUT2D eigenvalue weighted by Crippen LogP contribution is -2.60. The molecular weight excluding hydrogens is 338 g/mol. The molecule has 0 saturated carbocycles. The van der Waals surface area contributed by atoms with Crippen molar-refractivity contribution in [1.82, 2.24) is 4.90 Å². The summed E-state index contributed by atoms with van der Waals surface area (Å²) in [4.78, 5) is 28.3. The van der Waals surface area contributed by atoms with E-state index in [0.29, 0.717) is 17.8 Å². The Hall–Kier alpha value is -3.60. The lowest BCUT2D eigenvalue weighted by Gasteiger charge is -2.44. The summed E-state index contributed by atoms with van der Waals surface area (Å²) in [6.07, 6.45) is 0. The molecule has 0 unspecified atom stereocenters. The van der Waals surface area contributed by atoms with Crippen molar-refractivity contribution in [3.63, 3.8) is 0 Å². The molecule has 0 aliphatic carbocycles. The lowest BCUT2D eigenvalue weighted by atomic mass is 9.92. The molecule has 132 valence electrons. The van der Waals surface area contributed by atoms with Crippen LogP contribution in [0.1, 0.15) is 21.5 Å². The molecule has 0 radical (unpaired) electrons. The van der Waals surface area contributed by atoms with Crippen LogP contribution in [0.3, 0.4) is 0 Å². The summed E-state index contributed by atoms with van der Waals surface area (Å²) >= 11 is 0. The molecule has 0 bridgehead atoms. The normalized spacial score (nSPS) is 20.1. The van der Waals surface area contributed by atoms with E-state index in [-0.39, 0.29) is 11.8 Å². The van der Waals surface area contributed by atoms with Crippen molar-refractivity contribution in [1.29, 1.82) is 0 Å². The fourth-order valence-corrected chi connectivity index (χ4v) is 3.93. The van der Waals surface area contributed by atoms with Crippen LogP contribution in [-0.2, 0) is 17.0 Å². The third kappa shape index (κ3) is 2.18. The van der Waals surface area contributed by atoms with Crippen LogP contribution in [0.2, 0.25) is 0 Å². The smallest absolute Gasteiger partial charge is 0.276 e. The SMILES string of the molecule is O=C1c2ccccc2N[C@]2(C(=O)Nc3ccccc32)N1Cc1ccccc1. The predicted octanol–water partition coefficient (Wildman–Crippen LogP) is 3.56. The van der Waals surface area contributed by atoms with Crippen molar-refractivity contribution in [3.05, 3.63) is 95.6 Å². The zero-order chi connectivity index (χ0) is 18.4. The van der Waals surface area contributed by atoms with Crippen LogP contribution in [0.4, 0.5) is 11.4 Å². The molecule has 3 aromatic rings. The van der Waals surface area contributed by atoms with E-state index in [1.807, 2.05) is 72.8 Å². The Morgan fingerprint density at radius 2 is 1.44 bits per heavy atom. The fraction of sp³-hybridized carbons (Fsp3) is 0.0909. The van der Waals surface area contributed by atoms with Gasteiger partial charge in [0.2, 0.25) is 5.66 Å². The second-order valence-electron chi connectivity index (χ2n) is 6.76. The van der Waals surface area contributed by atoms with Gasteiger partial charge in [-0.1, -0.05) is 60.7 Å². The molecule has 2 amide bonds. The minimum Gasteiger partial charge on any atom is -0.350 e. The first kappa shape index (κ1) is 15.6. The highest BCUT2D eigenvalue weighted by molar-refractivity contribution is 6.14. The number of carbonyl (C=O) groups is 2. The average Bonchev–Trinajstić information content (AvgIpc) is 2.98. The summed E-state index contributed by atoms with van der Waals surface area (Å²) in [7, 11) is 0. The first-order valence-electron chi connectivity index (χ1n) is 8.84. The summed E-state index contributed by atoms with van der Waals surface area (Å²) in [6.45, 7) is 0.322. The largest absolute Gasteiger partial charge is 0.350 e. The minimum absolute atomic E-state index is 0.167. The molecule has 27 heavy (non-hydrogen) atoms. The highest BCUT2D eigenvalue weighted by atomic mass is 16.2. The third-order valence-electron chi connectivity index (χ3n) is 5.20. The standard InChI is InChI=1S/C22H17N3O2/c26-20-16-10-4-6-12-18(16)24-22(25(20)14-15-8-2-1-3-9-15)17-11-5-7-13-19(17)23-21(22)27/h1-13,24H,14H2,(H,23,27)/t22-/m0/s1. The Balaban J connectivity index is 1.72. The number of anilines is 2. The van der Waals surface area contributed by atoms with Crippen molar-refractivity contribution < 1.29 is 9.59 Å². The van der Waals surface area contributed by atoms with Gasteiger partial charge < -0.3 is 10.6 Å². The van der Waals surface area contributed by atoms with Gasteiger partial charge in [0.1, 0.15) is 0 Å². The van der Waals surface area contributed by atoms with Gasteiger partial charge in [-0.05, 0) is 23.8 Å². The summed E-state index contributed by atoms with van der Waals surface area (Å²) in [5.74, 6) is -0.414. The molecule has 1 spiro atoms. The Morgan fingerprint density at radius 3 is 2.26 bits per heavy atom. The average molecular weight is 355 g/mol. The molecule has 2 N–H and O–H groups in total. The van der Waals surface area contributed by atoms with E-state index >= 15 is 0 Å². The van der Waals surface area contributed by atoms with Crippen molar-refractivity contribution >= 4 is 23.2 Å². The van der Waals surface area contributed by atoms with Crippen LogP contribution in [0.5, 0.6) is 0 Å². The van der Waals surface area contributed by atoms with Gasteiger partial charge in [0.15, 0.2) is 0 Å². The zero-order valence-electron chi connectivity index (χ0n) is 14.5. The molecule has 3 aromatic carbocycles. The first-order chi connectivity index (χ1) is 13.2. The monoisotopic (exact) mass is 355 g/mol. The van der Waals surface area contributed by atoms with Gasteiger partial charge in [-0.2, -0.15) is 0 Å². The number of para-hydroxylation sites is 2. The van der Waals surface area contributed by atoms with E-state index in [0.717, 1.165) is 16.8 Å². The Bertz CT molecular complexity index is 1060. The quantitative estimate of drug-likeness (QED) is 0.739. The molecule has 2 aliphatic rings. The molecule has 0 aromatic heterocycles. The van der Waals surface area contributed by atoms with Crippen LogP contribution in [0, 0.1) is 0 Å². The molecule has 5 heteroatoms. The minimum atomic E-state index is -1.27. The van der Waals surface area contributed by atoms with E-state index in [9.17, 15) is 9.59 Å². The molecular formula is C22H17N3O2. The molecule has 0 fully saturated rings. The zero-order valence-corrected chi connectivity index (χ0v) is 14.5. The Labute approximate surface area is 156 Å². The van der Waals surface area contributed by atoms with Crippen LogP contribution in [0.25, 0.3) is 0 Å². The number of hydrogen-bond acceptors (Lipinski definition) is 3. The maximum absolute atomic E-state index is 13.4. The van der Waals surface area contributed by atoms with Crippen LogP contribution >= 0.6 is 0 Å². The third-order valence-corrected chi connectivity index (χ3v) is 5.20.